The molecule has 0 saturated heterocycles. The smallest absolute Gasteiger partial charge is 0.0345 e. The summed E-state index contributed by atoms with van der Waals surface area (Å²) in [5, 5.41) is 7.01. The molecule has 1 nitrogen and oxygen atoms in total. The highest BCUT2D eigenvalue weighted by molar-refractivity contribution is 7.17. The first-order chi connectivity index (χ1) is 7.72. The van der Waals surface area contributed by atoms with Crippen molar-refractivity contribution in [3.63, 3.8) is 0 Å². The summed E-state index contributed by atoms with van der Waals surface area (Å²) in [7, 11) is 0. The van der Waals surface area contributed by atoms with Crippen molar-refractivity contribution in [3.8, 4) is 0 Å². The van der Waals surface area contributed by atoms with Gasteiger partial charge in [-0.05, 0) is 47.8 Å². The van der Waals surface area contributed by atoms with E-state index in [1.54, 1.807) is 0 Å². The van der Waals surface area contributed by atoms with Gasteiger partial charge in [0.25, 0.3) is 0 Å². The summed E-state index contributed by atoms with van der Waals surface area (Å²) in [4.78, 5) is 0. The summed E-state index contributed by atoms with van der Waals surface area (Å²) < 4.78 is 1.40. The summed E-state index contributed by atoms with van der Waals surface area (Å²) in [5.41, 5.74) is 1.43. The number of nitrogens with one attached hydrogen (secondary N) is 1. The largest absolute Gasteiger partial charge is 0.314 e. The highest BCUT2D eigenvalue weighted by Crippen LogP contribution is 2.27. The molecule has 0 radical (unpaired) electrons. The van der Waals surface area contributed by atoms with Gasteiger partial charge < -0.3 is 5.32 Å². The van der Waals surface area contributed by atoms with E-state index >= 15 is 0 Å². The Bertz CT molecular complexity index is 460. The maximum Gasteiger partial charge on any atom is 0.0345 e. The van der Waals surface area contributed by atoms with E-state index in [0.717, 1.165) is 6.54 Å². The molecule has 1 N–H and O–H groups in total. The Morgan fingerprint density at radius 1 is 1.25 bits per heavy atom. The zero-order chi connectivity index (χ0) is 11.5. The van der Waals surface area contributed by atoms with E-state index < -0.39 is 0 Å². The average Bonchev–Trinajstić information content (AvgIpc) is 2.75. The van der Waals surface area contributed by atoms with Crippen LogP contribution in [0.3, 0.4) is 0 Å². The van der Waals surface area contributed by atoms with Crippen molar-refractivity contribution < 1.29 is 0 Å². The molecule has 2 rings (SSSR count). The van der Waals surface area contributed by atoms with Gasteiger partial charge in [0.15, 0.2) is 0 Å². The normalized spacial score (nSPS) is 15.2. The van der Waals surface area contributed by atoms with E-state index in [-0.39, 0.29) is 0 Å². The van der Waals surface area contributed by atoms with E-state index in [1.165, 1.54) is 15.6 Å². The highest BCUT2D eigenvalue weighted by atomic mass is 32.1. The molecule has 1 aromatic carbocycles. The number of hydrogen-bond donors (Lipinski definition) is 1. The standard InChI is InChI=1S/C14H19NS/c1-4-15-11(3)10(2)13-6-5-12-7-8-16-14(12)9-13/h5-11,15H,4H2,1-3H3. The van der Waals surface area contributed by atoms with Gasteiger partial charge in [0.05, 0.1) is 0 Å². The van der Waals surface area contributed by atoms with Crippen LogP contribution < -0.4 is 5.32 Å². The lowest BCUT2D eigenvalue weighted by molar-refractivity contribution is 0.495. The van der Waals surface area contributed by atoms with E-state index in [1.807, 2.05) is 11.3 Å². The molecular formula is C14H19NS. The molecule has 0 fully saturated rings. The maximum atomic E-state index is 3.49. The van der Waals surface area contributed by atoms with Crippen LogP contribution in [0.5, 0.6) is 0 Å². The minimum absolute atomic E-state index is 0.530. The fraction of sp³-hybridized carbons (Fsp3) is 0.429. The minimum Gasteiger partial charge on any atom is -0.314 e. The fourth-order valence-electron chi connectivity index (χ4n) is 2.04. The number of benzene rings is 1. The third-order valence-corrected chi connectivity index (χ3v) is 4.16. The number of likely N-dealkylation sites (N-methyl/N-ethyl adjacent to an activating group) is 1. The van der Waals surface area contributed by atoms with E-state index in [9.17, 15) is 0 Å². The van der Waals surface area contributed by atoms with Crippen LogP contribution in [0.2, 0.25) is 0 Å². The van der Waals surface area contributed by atoms with Crippen molar-refractivity contribution in [2.45, 2.75) is 32.7 Å². The zero-order valence-corrected chi connectivity index (χ0v) is 11.0. The van der Waals surface area contributed by atoms with Gasteiger partial charge in [-0.2, -0.15) is 0 Å². The summed E-state index contributed by atoms with van der Waals surface area (Å²) in [6, 6.07) is 9.53. The Morgan fingerprint density at radius 2 is 2.06 bits per heavy atom. The number of hydrogen-bond acceptors (Lipinski definition) is 2. The van der Waals surface area contributed by atoms with Gasteiger partial charge in [0, 0.05) is 10.7 Å². The van der Waals surface area contributed by atoms with Crippen LogP contribution in [0.1, 0.15) is 32.3 Å². The minimum atomic E-state index is 0.530. The van der Waals surface area contributed by atoms with Crippen LogP contribution in [0, 0.1) is 0 Å². The van der Waals surface area contributed by atoms with Gasteiger partial charge in [-0.1, -0.05) is 26.0 Å². The lowest BCUT2D eigenvalue weighted by Gasteiger charge is -2.21. The SMILES string of the molecule is CCNC(C)C(C)c1ccc2ccsc2c1. The Morgan fingerprint density at radius 3 is 2.81 bits per heavy atom. The van der Waals surface area contributed by atoms with E-state index in [4.69, 9.17) is 0 Å². The van der Waals surface area contributed by atoms with Crippen molar-refractivity contribution in [1.29, 1.82) is 0 Å². The molecular weight excluding hydrogens is 214 g/mol. The van der Waals surface area contributed by atoms with Crippen LogP contribution in [0.4, 0.5) is 0 Å². The Balaban J connectivity index is 2.24. The first-order valence-corrected chi connectivity index (χ1v) is 6.81. The van der Waals surface area contributed by atoms with E-state index in [2.05, 4.69) is 55.7 Å². The summed E-state index contributed by atoms with van der Waals surface area (Å²) in [6.45, 7) is 7.74. The van der Waals surface area contributed by atoms with Crippen LogP contribution in [0.15, 0.2) is 29.6 Å². The average molecular weight is 233 g/mol. The summed E-state index contributed by atoms with van der Waals surface area (Å²) in [5.74, 6) is 0.562. The van der Waals surface area contributed by atoms with Gasteiger partial charge >= 0.3 is 0 Å². The predicted octanol–water partition coefficient (Wildman–Crippen LogP) is 4.00. The predicted molar refractivity (Wildman–Crippen MR) is 73.4 cm³/mol. The molecule has 0 aliphatic carbocycles. The number of fused-ring (bicyclic) bond motifs is 1. The van der Waals surface area contributed by atoms with Gasteiger partial charge in [-0.3, -0.25) is 0 Å². The summed E-state index contributed by atoms with van der Waals surface area (Å²) >= 11 is 1.82. The molecule has 2 unspecified atom stereocenters. The van der Waals surface area contributed by atoms with Crippen LogP contribution in [0.25, 0.3) is 10.1 Å². The molecule has 0 aliphatic heterocycles. The second kappa shape index (κ2) is 4.98. The molecule has 2 heteroatoms. The highest BCUT2D eigenvalue weighted by Gasteiger charge is 2.13. The molecule has 0 saturated carbocycles. The fourth-order valence-corrected chi connectivity index (χ4v) is 2.88. The molecule has 0 bridgehead atoms. The van der Waals surface area contributed by atoms with Gasteiger partial charge in [0.1, 0.15) is 0 Å². The van der Waals surface area contributed by atoms with Crippen LogP contribution in [-0.2, 0) is 0 Å². The molecule has 1 aromatic heterocycles. The second-order valence-corrected chi connectivity index (χ2v) is 5.30. The lowest BCUT2D eigenvalue weighted by atomic mass is 9.94. The van der Waals surface area contributed by atoms with Crippen molar-refractivity contribution in [2.75, 3.05) is 6.54 Å². The Labute approximate surface area is 101 Å². The lowest BCUT2D eigenvalue weighted by Crippen LogP contribution is -2.30. The van der Waals surface area contributed by atoms with Crippen LogP contribution >= 0.6 is 11.3 Å². The molecule has 0 amide bonds. The van der Waals surface area contributed by atoms with Crippen molar-refractivity contribution in [1.82, 2.24) is 5.32 Å². The molecule has 16 heavy (non-hydrogen) atoms. The molecule has 2 aromatic rings. The van der Waals surface area contributed by atoms with Gasteiger partial charge in [-0.15, -0.1) is 11.3 Å². The molecule has 1 heterocycles. The molecule has 0 aliphatic rings. The number of rotatable bonds is 4. The van der Waals surface area contributed by atoms with Crippen molar-refractivity contribution in [2.24, 2.45) is 0 Å². The first kappa shape index (κ1) is 11.6. The summed E-state index contributed by atoms with van der Waals surface area (Å²) in [6.07, 6.45) is 0. The van der Waals surface area contributed by atoms with Gasteiger partial charge in [0.2, 0.25) is 0 Å². The topological polar surface area (TPSA) is 12.0 Å². The molecule has 86 valence electrons. The third-order valence-electron chi connectivity index (χ3n) is 3.28. The van der Waals surface area contributed by atoms with Crippen molar-refractivity contribution >= 4 is 21.4 Å². The third kappa shape index (κ3) is 2.28. The van der Waals surface area contributed by atoms with E-state index in [0.29, 0.717) is 12.0 Å². The Kier molecular flexibility index (Phi) is 3.62. The monoisotopic (exact) mass is 233 g/mol. The quantitative estimate of drug-likeness (QED) is 0.841. The first-order valence-electron chi connectivity index (χ1n) is 5.93. The number of thiophene rings is 1. The Hall–Kier alpha value is -0.860. The van der Waals surface area contributed by atoms with Crippen LogP contribution in [-0.4, -0.2) is 12.6 Å². The zero-order valence-electron chi connectivity index (χ0n) is 10.2. The second-order valence-electron chi connectivity index (χ2n) is 4.35. The molecule has 0 spiro atoms. The molecule has 2 atom stereocenters. The van der Waals surface area contributed by atoms with Gasteiger partial charge in [-0.25, -0.2) is 0 Å². The maximum absolute atomic E-state index is 3.49. The van der Waals surface area contributed by atoms with Crippen molar-refractivity contribution in [3.05, 3.63) is 35.2 Å².